The molecule has 0 aliphatic carbocycles. The molecule has 0 bridgehead atoms. The van der Waals surface area contributed by atoms with Gasteiger partial charge in [0.05, 0.1) is 0 Å². The second-order valence-electron chi connectivity index (χ2n) is 5.42. The van der Waals surface area contributed by atoms with E-state index in [1.54, 1.807) is 0 Å². The van der Waals surface area contributed by atoms with Crippen LogP contribution in [-0.2, 0) is 6.42 Å². The van der Waals surface area contributed by atoms with Gasteiger partial charge in [-0.15, -0.1) is 0 Å². The summed E-state index contributed by atoms with van der Waals surface area (Å²) >= 11 is 0. The van der Waals surface area contributed by atoms with Gasteiger partial charge in [-0.3, -0.25) is 0 Å². The minimum Gasteiger partial charge on any atom is -1.00 e. The second kappa shape index (κ2) is 14.4. The zero-order chi connectivity index (χ0) is 12.9. The molecule has 1 aromatic carbocycles. The SMILES string of the molecule is CCCCCCCCCCCCc1ccccc1.[H-].[H-].[Mg+2]. The quantitative estimate of drug-likeness (QED) is 0.343. The van der Waals surface area contributed by atoms with Crippen molar-refractivity contribution in [3.8, 4) is 0 Å². The topological polar surface area (TPSA) is 0 Å². The van der Waals surface area contributed by atoms with Crippen molar-refractivity contribution < 1.29 is 2.85 Å². The Kier molecular flexibility index (Phi) is 14.4. The van der Waals surface area contributed by atoms with Gasteiger partial charge in [0.15, 0.2) is 0 Å². The second-order valence-corrected chi connectivity index (χ2v) is 5.42. The van der Waals surface area contributed by atoms with Gasteiger partial charge < -0.3 is 2.85 Å². The van der Waals surface area contributed by atoms with Gasteiger partial charge in [0, 0.05) is 0 Å². The first-order valence-electron chi connectivity index (χ1n) is 7.97. The van der Waals surface area contributed by atoms with E-state index in [0.717, 1.165) is 0 Å². The third-order valence-corrected chi connectivity index (χ3v) is 3.66. The molecule has 0 aliphatic heterocycles. The predicted molar refractivity (Wildman–Crippen MR) is 90.0 cm³/mol. The number of aryl methyl sites for hydroxylation is 1. The fraction of sp³-hybridized carbons (Fsp3) is 0.667. The van der Waals surface area contributed by atoms with Gasteiger partial charge in [-0.1, -0.05) is 95.0 Å². The molecule has 0 atom stereocenters. The van der Waals surface area contributed by atoms with E-state index in [0.29, 0.717) is 0 Å². The molecule has 0 unspecified atom stereocenters. The van der Waals surface area contributed by atoms with Crippen LogP contribution in [0.1, 0.15) is 79.5 Å². The Balaban J connectivity index is -0.00000108. The van der Waals surface area contributed by atoms with Crippen LogP contribution in [0.2, 0.25) is 0 Å². The molecule has 0 saturated carbocycles. The van der Waals surface area contributed by atoms with E-state index in [1.165, 1.54) is 76.2 Å². The Hall–Kier alpha value is -0.0138. The van der Waals surface area contributed by atoms with Crippen molar-refractivity contribution in [3.63, 3.8) is 0 Å². The van der Waals surface area contributed by atoms with Gasteiger partial charge in [0.2, 0.25) is 0 Å². The Morgan fingerprint density at radius 1 is 0.684 bits per heavy atom. The van der Waals surface area contributed by atoms with Gasteiger partial charge in [-0.05, 0) is 18.4 Å². The van der Waals surface area contributed by atoms with Crippen LogP contribution < -0.4 is 0 Å². The zero-order valence-corrected chi connectivity index (χ0v) is 14.3. The Bertz CT molecular complexity index is 278. The smallest absolute Gasteiger partial charge is 1.00 e. The summed E-state index contributed by atoms with van der Waals surface area (Å²) in [6.07, 6.45) is 15.5. The first-order chi connectivity index (χ1) is 8.93. The maximum absolute atomic E-state index is 2.28. The average molecular weight is 273 g/mol. The van der Waals surface area contributed by atoms with E-state index in [9.17, 15) is 0 Å². The standard InChI is InChI=1S/C18H30.Mg.2H/c1-2-3-4-5-6-7-8-9-10-12-15-18-16-13-11-14-17-18;;;/h11,13-14,16-17H,2-10,12,15H2,1H3;;;/q;+2;2*-1. The first kappa shape index (κ1) is 19.0. The number of hydrogen-bond acceptors (Lipinski definition) is 0. The Morgan fingerprint density at radius 3 is 1.68 bits per heavy atom. The maximum Gasteiger partial charge on any atom is 2.00 e. The van der Waals surface area contributed by atoms with Crippen LogP contribution in [0, 0.1) is 0 Å². The van der Waals surface area contributed by atoms with Crippen molar-refractivity contribution in [3.05, 3.63) is 35.9 Å². The van der Waals surface area contributed by atoms with Crippen LogP contribution in [0.3, 0.4) is 0 Å². The van der Waals surface area contributed by atoms with Gasteiger partial charge >= 0.3 is 23.1 Å². The molecule has 0 nitrogen and oxygen atoms in total. The Labute approximate surface area is 139 Å². The molecule has 0 N–H and O–H groups in total. The fourth-order valence-electron chi connectivity index (χ4n) is 2.46. The fourth-order valence-corrected chi connectivity index (χ4v) is 2.46. The number of benzene rings is 1. The third kappa shape index (κ3) is 11.5. The van der Waals surface area contributed by atoms with Crippen molar-refractivity contribution in [2.24, 2.45) is 0 Å². The summed E-state index contributed by atoms with van der Waals surface area (Å²) in [5, 5.41) is 0. The van der Waals surface area contributed by atoms with E-state index in [-0.39, 0.29) is 25.9 Å². The van der Waals surface area contributed by atoms with Crippen molar-refractivity contribution in [2.45, 2.75) is 77.6 Å². The van der Waals surface area contributed by atoms with Crippen LogP contribution >= 0.6 is 0 Å². The molecule has 0 heterocycles. The van der Waals surface area contributed by atoms with Crippen molar-refractivity contribution in [2.75, 3.05) is 0 Å². The van der Waals surface area contributed by atoms with Gasteiger partial charge in [-0.25, -0.2) is 0 Å². The minimum absolute atomic E-state index is 0. The van der Waals surface area contributed by atoms with Gasteiger partial charge in [-0.2, -0.15) is 0 Å². The number of rotatable bonds is 11. The molecule has 1 aromatic rings. The van der Waals surface area contributed by atoms with E-state index >= 15 is 0 Å². The molecule has 0 aliphatic rings. The van der Waals surface area contributed by atoms with Crippen LogP contribution in [0.5, 0.6) is 0 Å². The molecule has 1 rings (SSSR count). The Morgan fingerprint density at radius 2 is 1.16 bits per heavy atom. The molecule has 0 spiro atoms. The van der Waals surface area contributed by atoms with Gasteiger partial charge in [0.1, 0.15) is 0 Å². The number of hydrogen-bond donors (Lipinski definition) is 0. The van der Waals surface area contributed by atoms with Crippen molar-refractivity contribution >= 4 is 23.1 Å². The minimum atomic E-state index is 0. The van der Waals surface area contributed by atoms with E-state index in [4.69, 9.17) is 0 Å². The average Bonchev–Trinajstić information content (AvgIpc) is 2.42. The normalized spacial score (nSPS) is 10.2. The molecule has 19 heavy (non-hydrogen) atoms. The van der Waals surface area contributed by atoms with E-state index in [2.05, 4.69) is 37.3 Å². The largest absolute Gasteiger partial charge is 2.00 e. The monoisotopic (exact) mass is 272 g/mol. The zero-order valence-electron chi connectivity index (χ0n) is 14.9. The summed E-state index contributed by atoms with van der Waals surface area (Å²) in [6, 6.07) is 10.9. The summed E-state index contributed by atoms with van der Waals surface area (Å²) in [4.78, 5) is 0. The molecule has 1 heteroatoms. The summed E-state index contributed by atoms with van der Waals surface area (Å²) < 4.78 is 0. The molecule has 0 saturated heterocycles. The molecule has 106 valence electrons. The van der Waals surface area contributed by atoms with Crippen LogP contribution in [0.25, 0.3) is 0 Å². The molecule has 0 aromatic heterocycles. The van der Waals surface area contributed by atoms with Crippen LogP contribution in [0.4, 0.5) is 0 Å². The van der Waals surface area contributed by atoms with E-state index in [1.807, 2.05) is 0 Å². The summed E-state index contributed by atoms with van der Waals surface area (Å²) in [5.74, 6) is 0. The summed E-state index contributed by atoms with van der Waals surface area (Å²) in [6.45, 7) is 2.28. The van der Waals surface area contributed by atoms with Crippen LogP contribution in [0.15, 0.2) is 30.3 Å². The molecule has 0 amide bonds. The molecule has 0 fully saturated rings. The van der Waals surface area contributed by atoms with Gasteiger partial charge in [0.25, 0.3) is 0 Å². The molecule has 0 radical (unpaired) electrons. The molecular weight excluding hydrogens is 241 g/mol. The van der Waals surface area contributed by atoms with Crippen LogP contribution in [-0.4, -0.2) is 23.1 Å². The van der Waals surface area contributed by atoms with Crippen molar-refractivity contribution in [1.82, 2.24) is 0 Å². The maximum atomic E-state index is 2.28. The third-order valence-electron chi connectivity index (χ3n) is 3.66. The molecular formula is C18H32Mg. The number of unbranched alkanes of at least 4 members (excludes halogenated alkanes) is 9. The first-order valence-corrected chi connectivity index (χ1v) is 7.97. The predicted octanol–water partition coefficient (Wildman–Crippen LogP) is 5.99. The summed E-state index contributed by atoms with van der Waals surface area (Å²) in [5.41, 5.74) is 1.50. The van der Waals surface area contributed by atoms with E-state index < -0.39 is 0 Å². The van der Waals surface area contributed by atoms with Crippen molar-refractivity contribution in [1.29, 1.82) is 0 Å². The summed E-state index contributed by atoms with van der Waals surface area (Å²) in [7, 11) is 0.